The molecule has 22 heavy (non-hydrogen) atoms. The van der Waals surface area contributed by atoms with Crippen molar-refractivity contribution >= 4 is 5.91 Å². The van der Waals surface area contributed by atoms with Gasteiger partial charge in [0.2, 0.25) is 0 Å². The van der Waals surface area contributed by atoms with Crippen molar-refractivity contribution in [1.82, 2.24) is 9.88 Å². The van der Waals surface area contributed by atoms with Gasteiger partial charge in [-0.3, -0.25) is 9.78 Å². The van der Waals surface area contributed by atoms with Crippen LogP contribution in [0.25, 0.3) is 0 Å². The van der Waals surface area contributed by atoms with Gasteiger partial charge in [0.15, 0.2) is 5.76 Å². The Morgan fingerprint density at radius 1 is 1.45 bits per heavy atom. The van der Waals surface area contributed by atoms with E-state index in [-0.39, 0.29) is 5.91 Å². The van der Waals surface area contributed by atoms with Crippen molar-refractivity contribution in [3.63, 3.8) is 0 Å². The third kappa shape index (κ3) is 2.76. The summed E-state index contributed by atoms with van der Waals surface area (Å²) in [6.45, 7) is 6.39. The smallest absolute Gasteiger partial charge is 0.290 e. The number of aryl methyl sites for hydroxylation is 1. The molecule has 2 aromatic heterocycles. The monoisotopic (exact) mass is 300 g/mol. The molecule has 1 amide bonds. The van der Waals surface area contributed by atoms with Crippen molar-refractivity contribution in [3.8, 4) is 0 Å². The van der Waals surface area contributed by atoms with Crippen LogP contribution in [0.15, 0.2) is 29.1 Å². The summed E-state index contributed by atoms with van der Waals surface area (Å²) in [6.07, 6.45) is 6.09. The van der Waals surface area contributed by atoms with E-state index in [9.17, 15) is 4.79 Å². The Morgan fingerprint density at radius 2 is 2.32 bits per heavy atom. The SMILES string of the molecule is CCOCc1cncc2c1CCN(C(=O)c1occc1C)C2. The number of furan rings is 1. The van der Waals surface area contributed by atoms with Gasteiger partial charge in [-0.1, -0.05) is 0 Å². The fourth-order valence-electron chi connectivity index (χ4n) is 2.81. The van der Waals surface area contributed by atoms with Crippen molar-refractivity contribution in [2.75, 3.05) is 13.2 Å². The fraction of sp³-hybridized carbons (Fsp3) is 0.412. The van der Waals surface area contributed by atoms with Crippen molar-refractivity contribution in [2.24, 2.45) is 0 Å². The third-order valence-corrected chi connectivity index (χ3v) is 4.03. The second kappa shape index (κ2) is 6.32. The minimum atomic E-state index is -0.0524. The van der Waals surface area contributed by atoms with Crippen LogP contribution < -0.4 is 0 Å². The van der Waals surface area contributed by atoms with Gasteiger partial charge >= 0.3 is 0 Å². The molecule has 116 valence electrons. The van der Waals surface area contributed by atoms with Gasteiger partial charge in [0.25, 0.3) is 5.91 Å². The van der Waals surface area contributed by atoms with Crippen molar-refractivity contribution in [3.05, 3.63) is 52.7 Å². The van der Waals surface area contributed by atoms with Gasteiger partial charge in [-0.2, -0.15) is 0 Å². The summed E-state index contributed by atoms with van der Waals surface area (Å²) < 4.78 is 10.8. The van der Waals surface area contributed by atoms with Crippen LogP contribution in [-0.4, -0.2) is 28.9 Å². The molecular weight excluding hydrogens is 280 g/mol. The standard InChI is InChI=1S/C17H20N2O3/c1-3-21-11-14-9-18-8-13-10-19(6-4-15(13)14)17(20)16-12(2)5-7-22-16/h5,7-9H,3-4,6,10-11H2,1-2H3. The fourth-order valence-corrected chi connectivity index (χ4v) is 2.81. The summed E-state index contributed by atoms with van der Waals surface area (Å²) in [4.78, 5) is 18.6. The maximum atomic E-state index is 12.5. The molecule has 0 N–H and O–H groups in total. The molecule has 0 radical (unpaired) electrons. The molecule has 1 aliphatic rings. The Balaban J connectivity index is 1.80. The molecule has 0 fully saturated rings. The molecule has 0 saturated heterocycles. The number of nitrogens with zero attached hydrogens (tertiary/aromatic N) is 2. The van der Waals surface area contributed by atoms with Gasteiger partial charge in [0, 0.05) is 37.7 Å². The molecular formula is C17H20N2O3. The Labute approximate surface area is 129 Å². The van der Waals surface area contributed by atoms with E-state index in [1.54, 1.807) is 6.26 Å². The average molecular weight is 300 g/mol. The van der Waals surface area contributed by atoms with Crippen molar-refractivity contribution < 1.29 is 13.9 Å². The first-order valence-electron chi connectivity index (χ1n) is 7.56. The molecule has 0 aliphatic carbocycles. The lowest BCUT2D eigenvalue weighted by Gasteiger charge is -2.29. The highest BCUT2D eigenvalue weighted by molar-refractivity contribution is 5.93. The van der Waals surface area contributed by atoms with E-state index in [0.717, 1.165) is 23.1 Å². The van der Waals surface area contributed by atoms with E-state index in [2.05, 4.69) is 4.98 Å². The number of carbonyl (C=O) groups is 1. The minimum absolute atomic E-state index is 0.0524. The molecule has 5 nitrogen and oxygen atoms in total. The molecule has 0 unspecified atom stereocenters. The highest BCUT2D eigenvalue weighted by Gasteiger charge is 2.26. The third-order valence-electron chi connectivity index (χ3n) is 4.03. The number of hydrogen-bond donors (Lipinski definition) is 0. The Morgan fingerprint density at radius 3 is 3.05 bits per heavy atom. The van der Waals surface area contributed by atoms with Crippen molar-refractivity contribution in [2.45, 2.75) is 33.4 Å². The Bertz CT molecular complexity index is 678. The zero-order valence-electron chi connectivity index (χ0n) is 13.0. The molecule has 0 bridgehead atoms. The molecule has 0 aromatic carbocycles. The van der Waals surface area contributed by atoms with Gasteiger partial charge in [-0.25, -0.2) is 0 Å². The summed E-state index contributed by atoms with van der Waals surface area (Å²) in [7, 11) is 0. The number of hydrogen-bond acceptors (Lipinski definition) is 4. The summed E-state index contributed by atoms with van der Waals surface area (Å²) in [6, 6.07) is 1.81. The number of rotatable bonds is 4. The molecule has 0 saturated carbocycles. The average Bonchev–Trinajstić information content (AvgIpc) is 2.97. The zero-order valence-corrected chi connectivity index (χ0v) is 13.0. The van der Waals surface area contributed by atoms with Crippen LogP contribution in [0, 0.1) is 6.92 Å². The van der Waals surface area contributed by atoms with Crippen LogP contribution in [0.3, 0.4) is 0 Å². The molecule has 5 heteroatoms. The number of fused-ring (bicyclic) bond motifs is 1. The van der Waals surface area contributed by atoms with Crippen LogP contribution in [0.4, 0.5) is 0 Å². The number of carbonyl (C=O) groups excluding carboxylic acids is 1. The Hall–Kier alpha value is -2.14. The summed E-state index contributed by atoms with van der Waals surface area (Å²) in [5.74, 6) is 0.380. The Kier molecular flexibility index (Phi) is 4.24. The van der Waals surface area contributed by atoms with E-state index >= 15 is 0 Å². The zero-order chi connectivity index (χ0) is 15.5. The van der Waals surface area contributed by atoms with Gasteiger partial charge in [-0.05, 0) is 43.0 Å². The largest absolute Gasteiger partial charge is 0.459 e. The first-order valence-corrected chi connectivity index (χ1v) is 7.56. The maximum absolute atomic E-state index is 12.5. The van der Waals surface area contributed by atoms with Crippen molar-refractivity contribution in [1.29, 1.82) is 0 Å². The quantitative estimate of drug-likeness (QED) is 0.871. The topological polar surface area (TPSA) is 55.6 Å². The summed E-state index contributed by atoms with van der Waals surface area (Å²) in [5, 5.41) is 0. The molecule has 2 aromatic rings. The van der Waals surface area contributed by atoms with Crippen LogP contribution in [0.1, 0.15) is 39.7 Å². The minimum Gasteiger partial charge on any atom is -0.459 e. The highest BCUT2D eigenvalue weighted by atomic mass is 16.5. The highest BCUT2D eigenvalue weighted by Crippen LogP contribution is 2.24. The van der Waals surface area contributed by atoms with E-state index in [0.29, 0.717) is 32.1 Å². The predicted octanol–water partition coefficient (Wildman–Crippen LogP) is 2.72. The molecule has 0 spiro atoms. The number of ether oxygens (including phenoxy) is 1. The first kappa shape index (κ1) is 14.8. The molecule has 3 heterocycles. The molecule has 1 aliphatic heterocycles. The van der Waals surface area contributed by atoms with Gasteiger partial charge < -0.3 is 14.1 Å². The first-order chi connectivity index (χ1) is 10.7. The molecule has 0 atom stereocenters. The van der Waals surface area contributed by atoms with Gasteiger partial charge in [0.1, 0.15) is 0 Å². The lowest BCUT2D eigenvalue weighted by Crippen LogP contribution is -2.36. The van der Waals surface area contributed by atoms with Crippen LogP contribution in [0.2, 0.25) is 0 Å². The maximum Gasteiger partial charge on any atom is 0.290 e. The number of amides is 1. The van der Waals surface area contributed by atoms with Gasteiger partial charge in [-0.15, -0.1) is 0 Å². The van der Waals surface area contributed by atoms with Crippen LogP contribution >= 0.6 is 0 Å². The normalized spacial score (nSPS) is 14.0. The predicted molar refractivity (Wildman–Crippen MR) is 81.5 cm³/mol. The lowest BCUT2D eigenvalue weighted by molar-refractivity contribution is 0.0699. The van der Waals surface area contributed by atoms with E-state index in [1.807, 2.05) is 37.2 Å². The van der Waals surface area contributed by atoms with Gasteiger partial charge in [0.05, 0.1) is 12.9 Å². The van der Waals surface area contributed by atoms with Crippen LogP contribution in [-0.2, 0) is 24.3 Å². The van der Waals surface area contributed by atoms with Crippen LogP contribution in [0.5, 0.6) is 0 Å². The summed E-state index contributed by atoms with van der Waals surface area (Å²) in [5.41, 5.74) is 4.37. The summed E-state index contributed by atoms with van der Waals surface area (Å²) >= 11 is 0. The van der Waals surface area contributed by atoms with E-state index in [1.165, 1.54) is 5.56 Å². The number of aromatic nitrogens is 1. The van der Waals surface area contributed by atoms with E-state index in [4.69, 9.17) is 9.15 Å². The second-order valence-corrected chi connectivity index (χ2v) is 5.48. The second-order valence-electron chi connectivity index (χ2n) is 5.48. The lowest BCUT2D eigenvalue weighted by atomic mass is 9.97. The molecule has 3 rings (SSSR count). The van der Waals surface area contributed by atoms with E-state index < -0.39 is 0 Å². The number of pyridine rings is 1.